The lowest BCUT2D eigenvalue weighted by Crippen LogP contribution is -2.23. The summed E-state index contributed by atoms with van der Waals surface area (Å²) in [6, 6.07) is 7.52. The molecule has 7 heteroatoms. The second-order valence-corrected chi connectivity index (χ2v) is 7.52. The summed E-state index contributed by atoms with van der Waals surface area (Å²) in [5.74, 6) is -0.498. The van der Waals surface area contributed by atoms with Crippen molar-refractivity contribution in [1.29, 1.82) is 0 Å². The van der Waals surface area contributed by atoms with Gasteiger partial charge in [0, 0.05) is 28.4 Å². The van der Waals surface area contributed by atoms with Gasteiger partial charge in [0.15, 0.2) is 0 Å². The number of nitrogens with two attached hydrogens (primary N) is 1. The van der Waals surface area contributed by atoms with Gasteiger partial charge in [0.1, 0.15) is 5.82 Å². The molecule has 114 valence electrons. The molecule has 1 aromatic carbocycles. The number of thiophene rings is 1. The molecular formula is C14H17FN2O2S2. The van der Waals surface area contributed by atoms with Crippen molar-refractivity contribution in [3.8, 4) is 0 Å². The molecule has 1 heterocycles. The zero-order chi connectivity index (χ0) is 15.5. The van der Waals surface area contributed by atoms with Crippen LogP contribution in [0, 0.1) is 5.82 Å². The minimum Gasteiger partial charge on any atom is -0.326 e. The fraction of sp³-hybridized carbons (Fsp3) is 0.286. The Morgan fingerprint density at radius 2 is 1.95 bits per heavy atom. The maximum absolute atomic E-state index is 13.4. The number of sulfonamides is 1. The van der Waals surface area contributed by atoms with Gasteiger partial charge in [0.2, 0.25) is 10.0 Å². The monoisotopic (exact) mass is 328 g/mol. The van der Waals surface area contributed by atoms with Crippen LogP contribution in [0.15, 0.2) is 35.2 Å². The molecule has 0 aliphatic heterocycles. The van der Waals surface area contributed by atoms with Gasteiger partial charge >= 0.3 is 0 Å². The van der Waals surface area contributed by atoms with Crippen LogP contribution in [-0.2, 0) is 29.5 Å². The molecule has 0 saturated carbocycles. The normalized spacial score (nSPS) is 11.8. The van der Waals surface area contributed by atoms with Gasteiger partial charge in [0.05, 0.1) is 4.90 Å². The van der Waals surface area contributed by atoms with E-state index in [4.69, 9.17) is 5.73 Å². The molecule has 2 aromatic rings. The molecule has 0 radical (unpaired) electrons. The van der Waals surface area contributed by atoms with Gasteiger partial charge in [0.25, 0.3) is 0 Å². The molecule has 21 heavy (non-hydrogen) atoms. The van der Waals surface area contributed by atoms with E-state index in [1.54, 1.807) is 11.3 Å². The Labute approximate surface area is 127 Å². The van der Waals surface area contributed by atoms with E-state index in [2.05, 4.69) is 4.72 Å². The minimum absolute atomic E-state index is 0.0246. The van der Waals surface area contributed by atoms with Gasteiger partial charge in [-0.25, -0.2) is 17.5 Å². The van der Waals surface area contributed by atoms with E-state index in [-0.39, 0.29) is 23.5 Å². The molecule has 0 fully saturated rings. The molecule has 0 amide bonds. The van der Waals surface area contributed by atoms with E-state index in [1.807, 2.05) is 19.1 Å². The van der Waals surface area contributed by atoms with E-state index >= 15 is 0 Å². The Balaban J connectivity index is 2.14. The van der Waals surface area contributed by atoms with Crippen molar-refractivity contribution >= 4 is 21.4 Å². The van der Waals surface area contributed by atoms with E-state index in [9.17, 15) is 12.8 Å². The third-order valence-electron chi connectivity index (χ3n) is 3.05. The third kappa shape index (κ3) is 3.88. The highest BCUT2D eigenvalue weighted by Crippen LogP contribution is 2.19. The quantitative estimate of drug-likeness (QED) is 0.855. The Morgan fingerprint density at radius 3 is 2.57 bits per heavy atom. The number of halogens is 1. The third-order valence-corrected chi connectivity index (χ3v) is 5.68. The first-order valence-electron chi connectivity index (χ1n) is 6.52. The van der Waals surface area contributed by atoms with Gasteiger partial charge in [-0.1, -0.05) is 6.92 Å². The largest absolute Gasteiger partial charge is 0.326 e. The predicted molar refractivity (Wildman–Crippen MR) is 82.0 cm³/mol. The van der Waals surface area contributed by atoms with Crippen molar-refractivity contribution in [1.82, 2.24) is 4.72 Å². The van der Waals surface area contributed by atoms with Crippen molar-refractivity contribution in [3.63, 3.8) is 0 Å². The summed E-state index contributed by atoms with van der Waals surface area (Å²) < 4.78 is 40.3. The summed E-state index contributed by atoms with van der Waals surface area (Å²) >= 11 is 1.57. The molecular weight excluding hydrogens is 311 g/mol. The molecule has 0 aliphatic rings. The average molecular weight is 328 g/mol. The highest BCUT2D eigenvalue weighted by molar-refractivity contribution is 7.89. The van der Waals surface area contributed by atoms with Crippen molar-refractivity contribution in [3.05, 3.63) is 51.5 Å². The second-order valence-electron chi connectivity index (χ2n) is 4.50. The first-order valence-corrected chi connectivity index (χ1v) is 8.82. The van der Waals surface area contributed by atoms with Crippen molar-refractivity contribution in [2.75, 3.05) is 0 Å². The SMILES string of the molecule is CCc1ccc(CNS(=O)(=O)c2ccc(F)c(CN)c2)s1. The lowest BCUT2D eigenvalue weighted by Gasteiger charge is -2.07. The summed E-state index contributed by atoms with van der Waals surface area (Å²) in [4.78, 5) is 2.17. The maximum Gasteiger partial charge on any atom is 0.240 e. The van der Waals surface area contributed by atoms with Crippen LogP contribution < -0.4 is 10.5 Å². The molecule has 2 rings (SSSR count). The van der Waals surface area contributed by atoms with Gasteiger partial charge < -0.3 is 5.73 Å². The van der Waals surface area contributed by atoms with Crippen molar-refractivity contribution in [2.45, 2.75) is 31.3 Å². The zero-order valence-electron chi connectivity index (χ0n) is 11.6. The van der Waals surface area contributed by atoms with Crippen molar-refractivity contribution < 1.29 is 12.8 Å². The molecule has 0 atom stereocenters. The maximum atomic E-state index is 13.4. The lowest BCUT2D eigenvalue weighted by atomic mass is 10.2. The Bertz CT molecular complexity index is 726. The van der Waals surface area contributed by atoms with E-state index in [0.29, 0.717) is 0 Å². The molecule has 0 aliphatic carbocycles. The summed E-state index contributed by atoms with van der Waals surface area (Å²) in [5.41, 5.74) is 5.57. The zero-order valence-corrected chi connectivity index (χ0v) is 13.2. The average Bonchev–Trinajstić information content (AvgIpc) is 2.93. The molecule has 0 saturated heterocycles. The van der Waals surface area contributed by atoms with Crippen LogP contribution in [0.4, 0.5) is 4.39 Å². The molecule has 1 aromatic heterocycles. The molecule has 0 spiro atoms. The number of hydrogen-bond donors (Lipinski definition) is 2. The number of rotatable bonds is 6. The van der Waals surface area contributed by atoms with E-state index in [1.165, 1.54) is 17.0 Å². The fourth-order valence-corrected chi connectivity index (χ4v) is 3.88. The molecule has 4 nitrogen and oxygen atoms in total. The second kappa shape index (κ2) is 6.65. The smallest absolute Gasteiger partial charge is 0.240 e. The van der Waals surface area contributed by atoms with Crippen LogP contribution in [0.2, 0.25) is 0 Å². The number of hydrogen-bond acceptors (Lipinski definition) is 4. The number of nitrogens with one attached hydrogen (secondary N) is 1. The summed E-state index contributed by atoms with van der Waals surface area (Å²) in [6.07, 6.45) is 0.926. The predicted octanol–water partition coefficient (Wildman–Crippen LogP) is 2.39. The molecule has 3 N–H and O–H groups in total. The Morgan fingerprint density at radius 1 is 1.24 bits per heavy atom. The van der Waals surface area contributed by atoms with E-state index < -0.39 is 15.8 Å². The van der Waals surface area contributed by atoms with Gasteiger partial charge in [-0.2, -0.15) is 0 Å². The number of benzene rings is 1. The summed E-state index contributed by atoms with van der Waals surface area (Å²) in [5, 5.41) is 0. The van der Waals surface area contributed by atoms with Gasteiger partial charge in [-0.15, -0.1) is 11.3 Å². The fourth-order valence-electron chi connectivity index (χ4n) is 1.83. The van der Waals surface area contributed by atoms with E-state index in [0.717, 1.165) is 17.4 Å². The van der Waals surface area contributed by atoms with Gasteiger partial charge in [-0.3, -0.25) is 0 Å². The van der Waals surface area contributed by atoms with Crippen molar-refractivity contribution in [2.24, 2.45) is 5.73 Å². The summed E-state index contributed by atoms with van der Waals surface area (Å²) in [6.45, 7) is 2.23. The summed E-state index contributed by atoms with van der Waals surface area (Å²) in [7, 11) is -3.67. The topological polar surface area (TPSA) is 72.2 Å². The standard InChI is InChI=1S/C14H17FN2O2S2/c1-2-11-3-4-12(20-11)9-17-21(18,19)13-5-6-14(15)10(7-13)8-16/h3-7,17H,2,8-9,16H2,1H3. The van der Waals surface area contributed by atoms with Crippen LogP contribution in [-0.4, -0.2) is 8.42 Å². The number of aryl methyl sites for hydroxylation is 1. The highest BCUT2D eigenvalue weighted by Gasteiger charge is 2.16. The van der Waals surface area contributed by atoms with Crippen LogP contribution >= 0.6 is 11.3 Å². The van der Waals surface area contributed by atoms with Crippen LogP contribution in [0.1, 0.15) is 22.2 Å². The highest BCUT2D eigenvalue weighted by atomic mass is 32.2. The minimum atomic E-state index is -3.67. The molecule has 0 bridgehead atoms. The van der Waals surface area contributed by atoms with Crippen LogP contribution in [0.3, 0.4) is 0 Å². The Hall–Kier alpha value is -1.28. The Kier molecular flexibility index (Phi) is 5.10. The van der Waals surface area contributed by atoms with Gasteiger partial charge in [-0.05, 0) is 36.8 Å². The van der Waals surface area contributed by atoms with Crippen LogP contribution in [0.5, 0.6) is 0 Å². The lowest BCUT2D eigenvalue weighted by molar-refractivity contribution is 0.579. The first kappa shape index (κ1) is 16.1. The van der Waals surface area contributed by atoms with Crippen LogP contribution in [0.25, 0.3) is 0 Å². The first-order chi connectivity index (χ1) is 9.96. The molecule has 0 unspecified atom stereocenters.